The molecular formula is C24H30N4O4. The Balaban J connectivity index is 1.44. The number of ether oxygens (including phenoxy) is 1. The summed E-state index contributed by atoms with van der Waals surface area (Å²) in [4.78, 5) is 38.6. The maximum Gasteiger partial charge on any atom is 0.410 e. The van der Waals surface area contributed by atoms with Crippen LogP contribution in [0.2, 0.25) is 0 Å². The molecular weight excluding hydrogens is 408 g/mol. The van der Waals surface area contributed by atoms with Gasteiger partial charge in [0.25, 0.3) is 5.56 Å². The van der Waals surface area contributed by atoms with Crippen molar-refractivity contribution in [2.45, 2.75) is 70.9 Å². The number of carbonyl (C=O) groups excluding carboxylic acids is 2. The van der Waals surface area contributed by atoms with Crippen molar-refractivity contribution in [2.24, 2.45) is 0 Å². The second-order valence-corrected chi connectivity index (χ2v) is 9.51. The van der Waals surface area contributed by atoms with E-state index in [2.05, 4.69) is 15.5 Å². The number of rotatable bonds is 4. The number of aromatic nitrogens is 2. The van der Waals surface area contributed by atoms with Crippen LogP contribution in [0.15, 0.2) is 29.1 Å². The summed E-state index contributed by atoms with van der Waals surface area (Å²) in [5.41, 5.74) is 3.79. The molecule has 0 bridgehead atoms. The molecule has 1 aromatic carbocycles. The van der Waals surface area contributed by atoms with Crippen LogP contribution < -0.4 is 10.9 Å². The van der Waals surface area contributed by atoms with E-state index in [1.54, 1.807) is 20.8 Å². The van der Waals surface area contributed by atoms with Crippen molar-refractivity contribution in [3.63, 3.8) is 0 Å². The van der Waals surface area contributed by atoms with Gasteiger partial charge in [-0.3, -0.25) is 14.5 Å². The number of fused-ring (bicyclic) bond motifs is 1. The van der Waals surface area contributed by atoms with Crippen LogP contribution in [-0.2, 0) is 28.8 Å². The number of aromatic amines is 1. The minimum absolute atomic E-state index is 0.0838. The summed E-state index contributed by atoms with van der Waals surface area (Å²) < 4.78 is 5.39. The molecule has 170 valence electrons. The highest BCUT2D eigenvalue weighted by molar-refractivity contribution is 5.97. The van der Waals surface area contributed by atoms with Crippen molar-refractivity contribution >= 4 is 17.7 Å². The molecule has 1 aromatic heterocycles. The number of anilines is 1. The molecule has 1 atom stereocenters. The maximum atomic E-state index is 12.8. The van der Waals surface area contributed by atoms with Crippen molar-refractivity contribution < 1.29 is 14.3 Å². The highest BCUT2D eigenvalue weighted by Gasteiger charge is 2.39. The summed E-state index contributed by atoms with van der Waals surface area (Å²) in [5, 5.41) is 9.86. The molecule has 2 N–H and O–H groups in total. The van der Waals surface area contributed by atoms with Gasteiger partial charge in [0.15, 0.2) is 0 Å². The second kappa shape index (κ2) is 8.76. The Hall–Kier alpha value is -3.16. The van der Waals surface area contributed by atoms with E-state index in [1.165, 1.54) is 4.90 Å². The normalized spacial score (nSPS) is 17.8. The number of hydrogen-bond acceptors (Lipinski definition) is 5. The number of nitrogens with zero attached hydrogens (tertiary/aromatic N) is 2. The summed E-state index contributed by atoms with van der Waals surface area (Å²) in [5.74, 6) is -0.223. The molecule has 2 aliphatic rings. The van der Waals surface area contributed by atoms with Gasteiger partial charge in [-0.1, -0.05) is 12.1 Å². The van der Waals surface area contributed by atoms with E-state index >= 15 is 0 Å². The molecule has 1 aliphatic carbocycles. The molecule has 2 heterocycles. The standard InChI is InChI=1S/C24H30N4O4/c1-24(2,3)32-23(31)28-12-11-20(28)22(30)25-16-8-6-7-15(13-16)14-19-17-9-4-5-10-18(17)21(29)27-26-19/h6-8,13,20H,4-5,9-12,14H2,1-3H3,(H,25,30)(H,27,29). The fourth-order valence-electron chi connectivity index (χ4n) is 4.25. The van der Waals surface area contributed by atoms with E-state index in [4.69, 9.17) is 4.74 Å². The zero-order chi connectivity index (χ0) is 22.9. The smallest absolute Gasteiger partial charge is 0.410 e. The predicted molar refractivity (Wildman–Crippen MR) is 121 cm³/mol. The van der Waals surface area contributed by atoms with Gasteiger partial charge < -0.3 is 10.1 Å². The SMILES string of the molecule is CC(C)(C)OC(=O)N1CCC1C(=O)Nc1cccc(Cc2n[nH]c(=O)c3c2CCCC3)c1. The number of H-pyrrole nitrogens is 1. The summed E-state index contributed by atoms with van der Waals surface area (Å²) in [6.45, 7) is 5.93. The average Bonchev–Trinajstić information content (AvgIpc) is 2.68. The predicted octanol–water partition coefficient (Wildman–Crippen LogP) is 3.19. The van der Waals surface area contributed by atoms with Gasteiger partial charge in [-0.05, 0) is 76.1 Å². The first kappa shape index (κ1) is 22.0. The highest BCUT2D eigenvalue weighted by atomic mass is 16.6. The highest BCUT2D eigenvalue weighted by Crippen LogP contribution is 2.25. The van der Waals surface area contributed by atoms with Gasteiger partial charge >= 0.3 is 6.09 Å². The molecule has 1 aliphatic heterocycles. The second-order valence-electron chi connectivity index (χ2n) is 9.51. The first-order valence-electron chi connectivity index (χ1n) is 11.2. The van der Waals surface area contributed by atoms with Crippen molar-refractivity contribution in [1.82, 2.24) is 15.1 Å². The molecule has 2 aromatic rings. The van der Waals surface area contributed by atoms with Gasteiger partial charge in [0.1, 0.15) is 11.6 Å². The number of carbonyl (C=O) groups is 2. The number of likely N-dealkylation sites (tertiary alicyclic amines) is 1. The number of nitrogens with one attached hydrogen (secondary N) is 2. The minimum Gasteiger partial charge on any atom is -0.444 e. The largest absolute Gasteiger partial charge is 0.444 e. The molecule has 32 heavy (non-hydrogen) atoms. The molecule has 2 amide bonds. The lowest BCUT2D eigenvalue weighted by Gasteiger charge is -2.40. The van der Waals surface area contributed by atoms with Crippen LogP contribution in [0.25, 0.3) is 0 Å². The zero-order valence-electron chi connectivity index (χ0n) is 18.9. The molecule has 0 radical (unpaired) electrons. The Morgan fingerprint density at radius 2 is 1.97 bits per heavy atom. The van der Waals surface area contributed by atoms with Gasteiger partial charge in [-0.15, -0.1) is 0 Å². The van der Waals surface area contributed by atoms with Crippen LogP contribution >= 0.6 is 0 Å². The Morgan fingerprint density at radius 1 is 1.22 bits per heavy atom. The zero-order valence-corrected chi connectivity index (χ0v) is 18.9. The van der Waals surface area contributed by atoms with E-state index in [-0.39, 0.29) is 11.5 Å². The number of hydrogen-bond donors (Lipinski definition) is 2. The van der Waals surface area contributed by atoms with Crippen molar-refractivity contribution in [1.29, 1.82) is 0 Å². The van der Waals surface area contributed by atoms with Crippen molar-refractivity contribution in [3.05, 3.63) is 57.0 Å². The van der Waals surface area contributed by atoms with Crippen LogP contribution in [0.4, 0.5) is 10.5 Å². The maximum absolute atomic E-state index is 12.8. The average molecular weight is 439 g/mol. The van der Waals surface area contributed by atoms with Crippen LogP contribution in [0.3, 0.4) is 0 Å². The first-order valence-corrected chi connectivity index (χ1v) is 11.2. The first-order chi connectivity index (χ1) is 15.2. The topological polar surface area (TPSA) is 104 Å². The molecule has 8 nitrogen and oxygen atoms in total. The van der Waals surface area contributed by atoms with E-state index in [9.17, 15) is 14.4 Å². The van der Waals surface area contributed by atoms with E-state index in [1.807, 2.05) is 24.3 Å². The Bertz CT molecular complexity index is 1090. The summed E-state index contributed by atoms with van der Waals surface area (Å²) in [7, 11) is 0. The lowest BCUT2D eigenvalue weighted by molar-refractivity contribution is -0.125. The van der Waals surface area contributed by atoms with Crippen LogP contribution in [0, 0.1) is 0 Å². The van der Waals surface area contributed by atoms with Gasteiger partial charge in [0.05, 0.1) is 5.69 Å². The van der Waals surface area contributed by atoms with Gasteiger partial charge in [-0.2, -0.15) is 5.10 Å². The summed E-state index contributed by atoms with van der Waals surface area (Å²) in [6, 6.07) is 7.08. The number of amides is 2. The fourth-order valence-corrected chi connectivity index (χ4v) is 4.25. The fraction of sp³-hybridized carbons (Fsp3) is 0.500. The third-order valence-corrected chi connectivity index (χ3v) is 5.90. The molecule has 0 spiro atoms. The third-order valence-electron chi connectivity index (χ3n) is 5.90. The van der Waals surface area contributed by atoms with E-state index in [0.29, 0.717) is 25.1 Å². The van der Waals surface area contributed by atoms with Crippen molar-refractivity contribution in [3.8, 4) is 0 Å². The van der Waals surface area contributed by atoms with Gasteiger partial charge in [0, 0.05) is 24.2 Å². The minimum atomic E-state index is -0.600. The third kappa shape index (κ3) is 4.84. The molecule has 8 heteroatoms. The van der Waals surface area contributed by atoms with E-state index < -0.39 is 17.7 Å². The Labute approximate surface area is 187 Å². The number of benzene rings is 1. The lowest BCUT2D eigenvalue weighted by Crippen LogP contribution is -2.57. The van der Waals surface area contributed by atoms with E-state index in [0.717, 1.165) is 48.1 Å². The van der Waals surface area contributed by atoms with Crippen LogP contribution in [0.1, 0.15) is 62.4 Å². The lowest BCUT2D eigenvalue weighted by atomic mass is 9.90. The quantitative estimate of drug-likeness (QED) is 0.763. The molecule has 1 saturated heterocycles. The summed E-state index contributed by atoms with van der Waals surface area (Å²) >= 11 is 0. The summed E-state index contributed by atoms with van der Waals surface area (Å²) in [6.07, 6.45) is 4.49. The van der Waals surface area contributed by atoms with Gasteiger partial charge in [-0.25, -0.2) is 9.89 Å². The monoisotopic (exact) mass is 438 g/mol. The van der Waals surface area contributed by atoms with Gasteiger partial charge in [0.2, 0.25) is 5.91 Å². The van der Waals surface area contributed by atoms with Crippen molar-refractivity contribution in [2.75, 3.05) is 11.9 Å². The van der Waals surface area contributed by atoms with Crippen LogP contribution in [0.5, 0.6) is 0 Å². The molecule has 1 unspecified atom stereocenters. The molecule has 1 fully saturated rings. The van der Waals surface area contributed by atoms with Crippen LogP contribution in [-0.4, -0.2) is 45.3 Å². The molecule has 0 saturated carbocycles. The Kier molecular flexibility index (Phi) is 6.04. The Morgan fingerprint density at radius 3 is 2.66 bits per heavy atom. The molecule has 4 rings (SSSR count).